The molecular formula is C15H27N3O3. The molecule has 0 radical (unpaired) electrons. The standard InChI is InChI=1S/C15H27N3O3/c1-9(6-7-18(2)3)16-15(21)17-13-11-5-4-10(8-11)12(13)14(19)20/h9-13H,4-8H2,1-3H3,(H,19,20)(H2,16,17,21). The molecular weight excluding hydrogens is 270 g/mol. The van der Waals surface area contributed by atoms with Crippen molar-refractivity contribution < 1.29 is 14.7 Å². The molecule has 0 aromatic heterocycles. The van der Waals surface area contributed by atoms with Crippen LogP contribution in [0.25, 0.3) is 0 Å². The molecule has 2 aliphatic rings. The van der Waals surface area contributed by atoms with Crippen molar-refractivity contribution in [2.24, 2.45) is 17.8 Å². The topological polar surface area (TPSA) is 81.7 Å². The summed E-state index contributed by atoms with van der Waals surface area (Å²) in [5.41, 5.74) is 0. The lowest BCUT2D eigenvalue weighted by atomic mass is 9.84. The first-order valence-electron chi connectivity index (χ1n) is 7.83. The first kappa shape index (κ1) is 16.1. The Morgan fingerprint density at radius 1 is 1.29 bits per heavy atom. The maximum atomic E-state index is 12.1. The number of carbonyl (C=O) groups excluding carboxylic acids is 1. The van der Waals surface area contributed by atoms with Gasteiger partial charge in [-0.05, 0) is 65.1 Å². The van der Waals surface area contributed by atoms with Gasteiger partial charge in [-0.1, -0.05) is 0 Å². The lowest BCUT2D eigenvalue weighted by molar-refractivity contribution is -0.144. The van der Waals surface area contributed by atoms with Gasteiger partial charge in [-0.2, -0.15) is 0 Å². The molecule has 0 saturated heterocycles. The van der Waals surface area contributed by atoms with Gasteiger partial charge in [0, 0.05) is 12.1 Å². The van der Waals surface area contributed by atoms with Gasteiger partial charge >= 0.3 is 12.0 Å². The van der Waals surface area contributed by atoms with E-state index in [1.54, 1.807) is 0 Å². The van der Waals surface area contributed by atoms with Crippen molar-refractivity contribution in [3.8, 4) is 0 Å². The maximum absolute atomic E-state index is 12.1. The van der Waals surface area contributed by atoms with Crippen molar-refractivity contribution in [2.45, 2.75) is 44.7 Å². The number of hydrogen-bond acceptors (Lipinski definition) is 3. The Kier molecular flexibility index (Phi) is 5.08. The summed E-state index contributed by atoms with van der Waals surface area (Å²) in [6.45, 7) is 2.88. The number of hydrogen-bond donors (Lipinski definition) is 3. The van der Waals surface area contributed by atoms with Crippen molar-refractivity contribution in [3.05, 3.63) is 0 Å². The highest BCUT2D eigenvalue weighted by Gasteiger charge is 2.51. The number of amides is 2. The van der Waals surface area contributed by atoms with Crippen LogP contribution in [0.4, 0.5) is 4.79 Å². The van der Waals surface area contributed by atoms with E-state index < -0.39 is 11.9 Å². The summed E-state index contributed by atoms with van der Waals surface area (Å²) in [6, 6.07) is -0.360. The number of rotatable bonds is 6. The maximum Gasteiger partial charge on any atom is 0.315 e. The fourth-order valence-electron chi connectivity index (χ4n) is 3.80. The van der Waals surface area contributed by atoms with Gasteiger partial charge in [0.15, 0.2) is 0 Å². The Balaban J connectivity index is 1.83. The SMILES string of the molecule is CC(CCN(C)C)NC(=O)NC1C2CCC(C2)C1C(=O)O. The van der Waals surface area contributed by atoms with Crippen molar-refractivity contribution in [1.29, 1.82) is 0 Å². The second-order valence-corrected chi connectivity index (χ2v) is 6.83. The molecule has 0 aliphatic heterocycles. The largest absolute Gasteiger partial charge is 0.481 e. The second-order valence-electron chi connectivity index (χ2n) is 6.83. The van der Waals surface area contributed by atoms with Gasteiger partial charge in [-0.25, -0.2) is 4.79 Å². The van der Waals surface area contributed by atoms with Crippen molar-refractivity contribution >= 4 is 12.0 Å². The molecule has 2 aliphatic carbocycles. The smallest absolute Gasteiger partial charge is 0.315 e. The third-order valence-corrected chi connectivity index (χ3v) is 4.89. The minimum atomic E-state index is -0.770. The molecule has 0 aromatic rings. The highest BCUT2D eigenvalue weighted by atomic mass is 16.4. The molecule has 6 nitrogen and oxygen atoms in total. The summed E-state index contributed by atoms with van der Waals surface area (Å²) in [4.78, 5) is 25.6. The molecule has 120 valence electrons. The fourth-order valence-corrected chi connectivity index (χ4v) is 3.80. The number of urea groups is 1. The van der Waals surface area contributed by atoms with Gasteiger partial charge in [-0.15, -0.1) is 0 Å². The third-order valence-electron chi connectivity index (χ3n) is 4.89. The average molecular weight is 297 g/mol. The molecule has 2 amide bonds. The number of fused-ring (bicyclic) bond motifs is 2. The van der Waals surface area contributed by atoms with E-state index in [9.17, 15) is 14.7 Å². The summed E-state index contributed by atoms with van der Waals surface area (Å²) < 4.78 is 0. The van der Waals surface area contributed by atoms with E-state index in [1.807, 2.05) is 21.0 Å². The van der Waals surface area contributed by atoms with Crippen LogP contribution in [-0.2, 0) is 4.79 Å². The van der Waals surface area contributed by atoms with E-state index in [2.05, 4.69) is 15.5 Å². The normalized spacial score (nSPS) is 32.2. The van der Waals surface area contributed by atoms with Crippen LogP contribution in [0.2, 0.25) is 0 Å². The molecule has 2 bridgehead atoms. The first-order valence-corrected chi connectivity index (χ1v) is 7.83. The molecule has 6 heteroatoms. The zero-order chi connectivity index (χ0) is 15.6. The Morgan fingerprint density at radius 2 is 1.95 bits per heavy atom. The predicted octanol–water partition coefficient (Wildman–Crippen LogP) is 1.13. The van der Waals surface area contributed by atoms with Gasteiger partial charge in [0.2, 0.25) is 0 Å². The summed E-state index contributed by atoms with van der Waals surface area (Å²) >= 11 is 0. The Hall–Kier alpha value is -1.30. The Labute approximate surface area is 126 Å². The van der Waals surface area contributed by atoms with E-state index in [-0.39, 0.29) is 24.0 Å². The van der Waals surface area contributed by atoms with E-state index in [0.717, 1.165) is 32.2 Å². The van der Waals surface area contributed by atoms with Gasteiger partial charge in [0.25, 0.3) is 0 Å². The number of nitrogens with zero attached hydrogens (tertiary/aromatic N) is 1. The number of nitrogens with one attached hydrogen (secondary N) is 2. The van der Waals surface area contributed by atoms with E-state index in [1.165, 1.54) is 0 Å². The van der Waals surface area contributed by atoms with Crippen LogP contribution < -0.4 is 10.6 Å². The lowest BCUT2D eigenvalue weighted by Gasteiger charge is -2.29. The van der Waals surface area contributed by atoms with Gasteiger partial charge < -0.3 is 20.6 Å². The van der Waals surface area contributed by atoms with E-state index >= 15 is 0 Å². The highest BCUT2D eigenvalue weighted by molar-refractivity contribution is 5.77. The van der Waals surface area contributed by atoms with E-state index in [0.29, 0.717) is 5.92 Å². The Bertz CT molecular complexity index is 400. The third kappa shape index (κ3) is 3.87. The van der Waals surface area contributed by atoms with Gasteiger partial charge in [0.1, 0.15) is 0 Å². The summed E-state index contributed by atoms with van der Waals surface area (Å²) in [5, 5.41) is 15.2. The molecule has 5 unspecified atom stereocenters. The number of carboxylic acids is 1. The first-order chi connectivity index (χ1) is 9.88. The number of carboxylic acid groups (broad SMARTS) is 1. The number of aliphatic carboxylic acids is 1. The minimum Gasteiger partial charge on any atom is -0.481 e. The highest BCUT2D eigenvalue weighted by Crippen LogP contribution is 2.48. The quantitative estimate of drug-likeness (QED) is 0.686. The van der Waals surface area contributed by atoms with Gasteiger partial charge in [-0.3, -0.25) is 4.79 Å². The Morgan fingerprint density at radius 3 is 2.57 bits per heavy atom. The van der Waals surface area contributed by atoms with Crippen LogP contribution >= 0.6 is 0 Å². The monoisotopic (exact) mass is 297 g/mol. The van der Waals surface area contributed by atoms with Crippen LogP contribution in [0.5, 0.6) is 0 Å². The average Bonchev–Trinajstić information content (AvgIpc) is 2.96. The summed E-state index contributed by atoms with van der Waals surface area (Å²) in [5.74, 6) is -0.609. The fraction of sp³-hybridized carbons (Fsp3) is 0.867. The van der Waals surface area contributed by atoms with Crippen LogP contribution in [0.1, 0.15) is 32.6 Å². The van der Waals surface area contributed by atoms with Crippen LogP contribution in [0.3, 0.4) is 0 Å². The lowest BCUT2D eigenvalue weighted by Crippen LogP contribution is -2.52. The molecule has 5 atom stereocenters. The van der Waals surface area contributed by atoms with Crippen molar-refractivity contribution in [1.82, 2.24) is 15.5 Å². The van der Waals surface area contributed by atoms with Crippen molar-refractivity contribution in [3.63, 3.8) is 0 Å². The molecule has 0 aromatic carbocycles. The van der Waals surface area contributed by atoms with Crippen LogP contribution in [0, 0.1) is 17.8 Å². The molecule has 2 rings (SSSR count). The summed E-state index contributed by atoms with van der Waals surface area (Å²) in [6.07, 6.45) is 3.84. The molecule has 2 saturated carbocycles. The zero-order valence-electron chi connectivity index (χ0n) is 13.1. The number of carbonyl (C=O) groups is 2. The van der Waals surface area contributed by atoms with Crippen molar-refractivity contribution in [2.75, 3.05) is 20.6 Å². The zero-order valence-corrected chi connectivity index (χ0v) is 13.1. The van der Waals surface area contributed by atoms with E-state index in [4.69, 9.17) is 0 Å². The molecule has 2 fully saturated rings. The summed E-state index contributed by atoms with van der Waals surface area (Å²) in [7, 11) is 4.00. The molecule has 21 heavy (non-hydrogen) atoms. The molecule has 3 N–H and O–H groups in total. The van der Waals surface area contributed by atoms with Crippen LogP contribution in [-0.4, -0.2) is 54.7 Å². The second kappa shape index (κ2) is 6.64. The minimum absolute atomic E-state index is 0.0780. The van der Waals surface area contributed by atoms with Gasteiger partial charge in [0.05, 0.1) is 5.92 Å². The molecule has 0 spiro atoms. The van der Waals surface area contributed by atoms with Crippen LogP contribution in [0.15, 0.2) is 0 Å². The predicted molar refractivity (Wildman–Crippen MR) is 80.0 cm³/mol. The molecule has 0 heterocycles.